The molecule has 0 rings (SSSR count). The molecule has 5 heteroatoms. The minimum absolute atomic E-state index is 0.0267. The Hall–Kier alpha value is 0.200. The monoisotopic (exact) mass is 241 g/mol. The summed E-state index contributed by atoms with van der Waals surface area (Å²) in [5, 5.41) is 0.0267. The summed E-state index contributed by atoms with van der Waals surface area (Å²) in [7, 11) is -1.43. The van der Waals surface area contributed by atoms with Crippen LogP contribution in [-0.2, 0) is 10.0 Å². The van der Waals surface area contributed by atoms with Gasteiger partial charge >= 0.3 is 0 Å². The molecule has 0 aromatic carbocycles. The molecule has 1 unspecified atom stereocenters. The van der Waals surface area contributed by atoms with Crippen LogP contribution in [0.5, 0.6) is 0 Å². The van der Waals surface area contributed by atoms with Crippen LogP contribution in [0.15, 0.2) is 0 Å². The van der Waals surface area contributed by atoms with Crippen LogP contribution >= 0.6 is 11.6 Å². The number of alkyl halides is 1. The number of halogens is 1. The highest BCUT2D eigenvalue weighted by Crippen LogP contribution is 2.06. The van der Waals surface area contributed by atoms with E-state index in [1.165, 1.54) is 4.31 Å². The second-order valence-electron chi connectivity index (χ2n) is 3.56. The molecule has 0 saturated carbocycles. The van der Waals surface area contributed by atoms with Crippen molar-refractivity contribution in [1.82, 2.24) is 4.31 Å². The predicted octanol–water partition coefficient (Wildman–Crippen LogP) is 2.07. The first-order valence-corrected chi connectivity index (χ1v) is 7.02. The smallest absolute Gasteiger partial charge is 0.212 e. The number of hydrogen-bond donors (Lipinski definition) is 0. The molecule has 3 nitrogen and oxygen atoms in total. The molecule has 0 aromatic heterocycles. The lowest BCUT2D eigenvalue weighted by Crippen LogP contribution is -2.31. The van der Waals surface area contributed by atoms with Crippen LogP contribution in [0.1, 0.15) is 33.1 Å². The fraction of sp³-hybridized carbons (Fsp3) is 1.00. The van der Waals surface area contributed by atoms with Gasteiger partial charge < -0.3 is 0 Å². The van der Waals surface area contributed by atoms with Crippen LogP contribution in [0.3, 0.4) is 0 Å². The number of nitrogens with zero attached hydrogens (tertiary/aromatic N) is 1. The van der Waals surface area contributed by atoms with Crippen LogP contribution < -0.4 is 0 Å². The van der Waals surface area contributed by atoms with E-state index in [0.29, 0.717) is 13.0 Å². The molecule has 0 bridgehead atoms. The summed E-state index contributed by atoms with van der Waals surface area (Å²) >= 11 is 5.75. The Morgan fingerprint density at radius 3 is 2.43 bits per heavy atom. The quantitative estimate of drug-likeness (QED) is 0.640. The molecule has 14 heavy (non-hydrogen) atoms. The molecular formula is C9H20ClNO2S. The molecule has 1 atom stereocenters. The molecule has 0 aliphatic carbocycles. The second kappa shape index (κ2) is 6.64. The number of unbranched alkanes of at least 4 members (excludes halogenated alkanes) is 1. The zero-order chi connectivity index (χ0) is 11.2. The van der Waals surface area contributed by atoms with Gasteiger partial charge in [-0.2, -0.15) is 0 Å². The second-order valence-corrected chi connectivity index (χ2v) is 6.50. The van der Waals surface area contributed by atoms with Gasteiger partial charge in [0.2, 0.25) is 10.0 Å². The van der Waals surface area contributed by atoms with E-state index in [9.17, 15) is 8.42 Å². The Kier molecular flexibility index (Phi) is 6.74. The minimum Gasteiger partial charge on any atom is -0.212 e. The van der Waals surface area contributed by atoms with Gasteiger partial charge in [-0.25, -0.2) is 12.7 Å². The SMILES string of the molecule is CCCCS(=O)(=O)N(C)CCC(C)Cl. The zero-order valence-electron chi connectivity index (χ0n) is 9.16. The molecule has 0 aromatic rings. The standard InChI is InChI=1S/C9H20ClNO2S/c1-4-5-8-14(12,13)11(3)7-6-9(2)10/h9H,4-8H2,1-3H3. The van der Waals surface area contributed by atoms with Crippen molar-refractivity contribution in [2.45, 2.75) is 38.5 Å². The maximum absolute atomic E-state index is 11.6. The predicted molar refractivity (Wildman–Crippen MR) is 61.3 cm³/mol. The molecule has 0 radical (unpaired) electrons. The zero-order valence-corrected chi connectivity index (χ0v) is 10.7. The molecule has 86 valence electrons. The Morgan fingerprint density at radius 2 is 2.00 bits per heavy atom. The summed E-state index contributed by atoms with van der Waals surface area (Å²) < 4.78 is 24.6. The summed E-state index contributed by atoms with van der Waals surface area (Å²) in [6, 6.07) is 0. The van der Waals surface area contributed by atoms with Crippen molar-refractivity contribution in [3.05, 3.63) is 0 Å². The van der Waals surface area contributed by atoms with Gasteiger partial charge in [-0.3, -0.25) is 0 Å². The van der Waals surface area contributed by atoms with Crippen molar-refractivity contribution < 1.29 is 8.42 Å². The van der Waals surface area contributed by atoms with Crippen molar-refractivity contribution in [2.75, 3.05) is 19.3 Å². The molecule has 0 N–H and O–H groups in total. The molecule has 0 fully saturated rings. The summed E-state index contributed by atoms with van der Waals surface area (Å²) in [6.45, 7) is 4.36. The van der Waals surface area contributed by atoms with E-state index in [4.69, 9.17) is 11.6 Å². The Labute approximate surface area is 92.5 Å². The van der Waals surface area contributed by atoms with Gasteiger partial charge in [-0.05, 0) is 19.8 Å². The third kappa shape index (κ3) is 5.83. The Balaban J connectivity index is 4.01. The molecule has 0 spiro atoms. The van der Waals surface area contributed by atoms with Crippen molar-refractivity contribution in [3.63, 3.8) is 0 Å². The first-order valence-electron chi connectivity index (χ1n) is 4.98. The van der Waals surface area contributed by atoms with Crippen molar-refractivity contribution in [3.8, 4) is 0 Å². The first-order chi connectivity index (χ1) is 6.40. The van der Waals surface area contributed by atoms with E-state index < -0.39 is 10.0 Å². The summed E-state index contributed by atoms with van der Waals surface area (Å²) in [4.78, 5) is 0. The van der Waals surface area contributed by atoms with E-state index in [-0.39, 0.29) is 11.1 Å². The fourth-order valence-electron chi connectivity index (χ4n) is 0.981. The van der Waals surface area contributed by atoms with E-state index >= 15 is 0 Å². The van der Waals surface area contributed by atoms with Gasteiger partial charge in [0.25, 0.3) is 0 Å². The summed E-state index contributed by atoms with van der Waals surface area (Å²) in [5.74, 6) is 0.247. The maximum atomic E-state index is 11.6. The Bertz CT molecular complexity index is 239. The van der Waals surface area contributed by atoms with E-state index in [0.717, 1.165) is 12.8 Å². The van der Waals surface area contributed by atoms with E-state index in [1.807, 2.05) is 13.8 Å². The largest absolute Gasteiger partial charge is 0.213 e. The van der Waals surface area contributed by atoms with Gasteiger partial charge in [-0.1, -0.05) is 13.3 Å². The lowest BCUT2D eigenvalue weighted by atomic mass is 10.3. The van der Waals surface area contributed by atoms with E-state index in [2.05, 4.69) is 0 Å². The third-order valence-corrected chi connectivity index (χ3v) is 4.23. The fourth-order valence-corrected chi connectivity index (χ4v) is 2.43. The van der Waals surface area contributed by atoms with Crippen molar-refractivity contribution in [2.24, 2.45) is 0 Å². The van der Waals surface area contributed by atoms with Gasteiger partial charge in [0, 0.05) is 19.0 Å². The average Bonchev–Trinajstić information content (AvgIpc) is 2.10. The molecule has 0 amide bonds. The summed E-state index contributed by atoms with van der Waals surface area (Å²) in [6.07, 6.45) is 2.32. The highest BCUT2D eigenvalue weighted by atomic mass is 35.5. The maximum Gasteiger partial charge on any atom is 0.213 e. The molecular weight excluding hydrogens is 222 g/mol. The van der Waals surface area contributed by atoms with Gasteiger partial charge in [0.1, 0.15) is 0 Å². The van der Waals surface area contributed by atoms with E-state index in [1.54, 1.807) is 7.05 Å². The molecule has 0 aliphatic rings. The topological polar surface area (TPSA) is 37.4 Å². The van der Waals surface area contributed by atoms with Gasteiger partial charge in [-0.15, -0.1) is 11.6 Å². The van der Waals surface area contributed by atoms with Gasteiger partial charge in [0.15, 0.2) is 0 Å². The molecule has 0 saturated heterocycles. The highest BCUT2D eigenvalue weighted by Gasteiger charge is 2.16. The summed E-state index contributed by atoms with van der Waals surface area (Å²) in [5.41, 5.74) is 0. The van der Waals surface area contributed by atoms with Crippen LogP contribution in [0, 0.1) is 0 Å². The highest BCUT2D eigenvalue weighted by molar-refractivity contribution is 7.89. The number of rotatable bonds is 7. The molecule has 0 heterocycles. The van der Waals surface area contributed by atoms with Crippen LogP contribution in [-0.4, -0.2) is 37.4 Å². The van der Waals surface area contributed by atoms with Crippen LogP contribution in [0.25, 0.3) is 0 Å². The Morgan fingerprint density at radius 1 is 1.43 bits per heavy atom. The molecule has 0 aliphatic heterocycles. The normalized spacial score (nSPS) is 14.6. The van der Waals surface area contributed by atoms with Crippen molar-refractivity contribution >= 4 is 21.6 Å². The minimum atomic E-state index is -3.04. The average molecular weight is 242 g/mol. The van der Waals surface area contributed by atoms with Crippen molar-refractivity contribution in [1.29, 1.82) is 0 Å². The lowest BCUT2D eigenvalue weighted by Gasteiger charge is -2.17. The third-order valence-electron chi connectivity index (χ3n) is 2.07. The number of hydrogen-bond acceptors (Lipinski definition) is 2. The number of sulfonamides is 1. The lowest BCUT2D eigenvalue weighted by molar-refractivity contribution is 0.459. The van der Waals surface area contributed by atoms with Crippen LogP contribution in [0.2, 0.25) is 0 Å². The van der Waals surface area contributed by atoms with Gasteiger partial charge in [0.05, 0.1) is 5.75 Å². The van der Waals surface area contributed by atoms with Crippen LogP contribution in [0.4, 0.5) is 0 Å². The first kappa shape index (κ1) is 14.2.